The molecular weight excluding hydrogens is 313 g/mol. The molecular formula is C22H18FNO. The number of fused-ring (bicyclic) bond motifs is 1. The molecule has 0 radical (unpaired) electrons. The summed E-state index contributed by atoms with van der Waals surface area (Å²) < 4.78 is 13.3. The predicted molar refractivity (Wildman–Crippen MR) is 95.6 cm³/mol. The maximum Gasteiger partial charge on any atom is 0.254 e. The van der Waals surface area contributed by atoms with E-state index in [9.17, 15) is 9.18 Å². The van der Waals surface area contributed by atoms with Gasteiger partial charge in [0, 0.05) is 12.1 Å². The average molecular weight is 331 g/mol. The van der Waals surface area contributed by atoms with Gasteiger partial charge >= 0.3 is 0 Å². The molecule has 124 valence electrons. The highest BCUT2D eigenvalue weighted by atomic mass is 19.1. The highest BCUT2D eigenvalue weighted by molar-refractivity contribution is 5.97. The van der Waals surface area contributed by atoms with Gasteiger partial charge in [0.25, 0.3) is 5.91 Å². The lowest BCUT2D eigenvalue weighted by molar-refractivity contribution is 0.0629. The molecule has 2 nitrogen and oxygen atoms in total. The summed E-state index contributed by atoms with van der Waals surface area (Å²) in [6, 6.07) is 24.1. The molecule has 3 aromatic carbocycles. The fourth-order valence-corrected chi connectivity index (χ4v) is 3.47. The Hall–Kier alpha value is -2.94. The van der Waals surface area contributed by atoms with E-state index in [0.29, 0.717) is 6.54 Å². The molecule has 1 aliphatic rings. The van der Waals surface area contributed by atoms with Crippen LogP contribution in [0.25, 0.3) is 0 Å². The minimum absolute atomic E-state index is 0.0278. The summed E-state index contributed by atoms with van der Waals surface area (Å²) in [6.07, 6.45) is 0.736. The van der Waals surface area contributed by atoms with Crippen LogP contribution in [-0.4, -0.2) is 10.8 Å². The summed E-state index contributed by atoms with van der Waals surface area (Å²) in [5.74, 6) is -0.235. The third-order valence-corrected chi connectivity index (χ3v) is 4.75. The zero-order chi connectivity index (χ0) is 17.2. The highest BCUT2D eigenvalue weighted by Gasteiger charge is 2.33. The number of benzene rings is 3. The predicted octanol–water partition coefficient (Wildman–Crippen LogP) is 4.77. The number of nitrogens with zero attached hydrogens (tertiary/aromatic N) is 1. The van der Waals surface area contributed by atoms with E-state index in [2.05, 4.69) is 0 Å². The molecule has 0 spiro atoms. The van der Waals surface area contributed by atoms with Gasteiger partial charge in [-0.2, -0.15) is 0 Å². The molecule has 0 fully saturated rings. The largest absolute Gasteiger partial charge is 0.327 e. The van der Waals surface area contributed by atoms with E-state index in [1.54, 1.807) is 12.1 Å². The topological polar surface area (TPSA) is 20.3 Å². The first kappa shape index (κ1) is 15.6. The average Bonchev–Trinajstić information content (AvgIpc) is 2.65. The molecule has 1 heterocycles. The minimum Gasteiger partial charge on any atom is -0.327 e. The number of amides is 1. The quantitative estimate of drug-likeness (QED) is 0.677. The third-order valence-electron chi connectivity index (χ3n) is 4.75. The smallest absolute Gasteiger partial charge is 0.254 e. The Kier molecular flexibility index (Phi) is 4.06. The van der Waals surface area contributed by atoms with Gasteiger partial charge in [0.05, 0.1) is 6.04 Å². The molecule has 1 atom stereocenters. The first-order chi connectivity index (χ1) is 12.2. The Labute approximate surface area is 146 Å². The zero-order valence-corrected chi connectivity index (χ0v) is 13.7. The summed E-state index contributed by atoms with van der Waals surface area (Å²) in [5, 5.41) is 0. The maximum absolute atomic E-state index is 13.3. The van der Waals surface area contributed by atoms with Crippen molar-refractivity contribution in [2.45, 2.75) is 19.0 Å². The van der Waals surface area contributed by atoms with Crippen LogP contribution in [0.4, 0.5) is 4.39 Å². The van der Waals surface area contributed by atoms with Crippen molar-refractivity contribution in [3.8, 4) is 0 Å². The number of rotatable bonds is 3. The number of carbonyl (C=O) groups is 1. The van der Waals surface area contributed by atoms with Crippen molar-refractivity contribution >= 4 is 5.91 Å². The molecule has 4 rings (SSSR count). The second kappa shape index (κ2) is 6.52. The van der Waals surface area contributed by atoms with Gasteiger partial charge in [-0.05, 0) is 41.3 Å². The Balaban J connectivity index is 1.75. The standard InChI is InChI=1S/C22H18FNO/c23-19-12-10-17(11-13-19)21-14-18-8-4-5-9-20(18)22(25)24(21)15-16-6-2-1-3-7-16/h1-13,21H,14-15H2. The van der Waals surface area contributed by atoms with E-state index in [0.717, 1.165) is 28.7 Å². The van der Waals surface area contributed by atoms with Crippen LogP contribution in [-0.2, 0) is 13.0 Å². The Morgan fingerprint density at radius 3 is 2.32 bits per heavy atom. The monoisotopic (exact) mass is 331 g/mol. The van der Waals surface area contributed by atoms with E-state index in [-0.39, 0.29) is 17.8 Å². The van der Waals surface area contributed by atoms with Gasteiger partial charge in [0.15, 0.2) is 0 Å². The molecule has 0 bridgehead atoms. The van der Waals surface area contributed by atoms with Crippen LogP contribution in [0.15, 0.2) is 78.9 Å². The van der Waals surface area contributed by atoms with Gasteiger partial charge in [0.1, 0.15) is 5.82 Å². The third kappa shape index (κ3) is 3.05. The van der Waals surface area contributed by atoms with Gasteiger partial charge in [-0.1, -0.05) is 60.7 Å². The Morgan fingerprint density at radius 1 is 0.880 bits per heavy atom. The Morgan fingerprint density at radius 2 is 1.56 bits per heavy atom. The van der Waals surface area contributed by atoms with Crippen LogP contribution < -0.4 is 0 Å². The lowest BCUT2D eigenvalue weighted by Gasteiger charge is -2.37. The molecule has 0 saturated heterocycles. The second-order valence-corrected chi connectivity index (χ2v) is 6.35. The fraction of sp³-hybridized carbons (Fsp3) is 0.136. The lowest BCUT2D eigenvalue weighted by Crippen LogP contribution is -2.39. The zero-order valence-electron chi connectivity index (χ0n) is 13.7. The molecule has 1 aliphatic heterocycles. The van der Waals surface area contributed by atoms with Gasteiger partial charge < -0.3 is 4.90 Å². The summed E-state index contributed by atoms with van der Waals surface area (Å²) in [5.41, 5.74) is 3.85. The first-order valence-electron chi connectivity index (χ1n) is 8.40. The van der Waals surface area contributed by atoms with Crippen LogP contribution in [0.5, 0.6) is 0 Å². The van der Waals surface area contributed by atoms with Crippen LogP contribution in [0.3, 0.4) is 0 Å². The van der Waals surface area contributed by atoms with Crippen molar-refractivity contribution in [1.29, 1.82) is 0 Å². The number of halogens is 1. The Bertz CT molecular complexity index is 889. The van der Waals surface area contributed by atoms with E-state index < -0.39 is 0 Å². The van der Waals surface area contributed by atoms with Crippen molar-refractivity contribution in [1.82, 2.24) is 4.90 Å². The van der Waals surface area contributed by atoms with Gasteiger partial charge in [-0.25, -0.2) is 4.39 Å². The summed E-state index contributed by atoms with van der Waals surface area (Å²) in [6.45, 7) is 0.538. The van der Waals surface area contributed by atoms with Crippen molar-refractivity contribution < 1.29 is 9.18 Å². The minimum atomic E-state index is -0.263. The molecule has 25 heavy (non-hydrogen) atoms. The first-order valence-corrected chi connectivity index (χ1v) is 8.40. The van der Waals surface area contributed by atoms with Crippen molar-refractivity contribution in [3.63, 3.8) is 0 Å². The van der Waals surface area contributed by atoms with Gasteiger partial charge in [-0.15, -0.1) is 0 Å². The molecule has 1 amide bonds. The molecule has 0 saturated carbocycles. The van der Waals surface area contributed by atoms with E-state index in [1.165, 1.54) is 12.1 Å². The molecule has 3 heteroatoms. The summed E-state index contributed by atoms with van der Waals surface area (Å²) >= 11 is 0. The number of hydrogen-bond acceptors (Lipinski definition) is 1. The SMILES string of the molecule is O=C1c2ccccc2CC(c2ccc(F)cc2)N1Cc1ccccc1. The van der Waals surface area contributed by atoms with Crippen LogP contribution in [0.1, 0.15) is 33.1 Å². The fourth-order valence-electron chi connectivity index (χ4n) is 3.47. The maximum atomic E-state index is 13.3. The van der Waals surface area contributed by atoms with Crippen LogP contribution in [0, 0.1) is 5.82 Å². The normalized spacial score (nSPS) is 16.6. The molecule has 1 unspecified atom stereocenters. The molecule has 0 N–H and O–H groups in total. The van der Waals surface area contributed by atoms with E-state index in [4.69, 9.17) is 0 Å². The van der Waals surface area contributed by atoms with Crippen LogP contribution in [0.2, 0.25) is 0 Å². The summed E-state index contributed by atoms with van der Waals surface area (Å²) in [4.78, 5) is 15.0. The van der Waals surface area contributed by atoms with Gasteiger partial charge in [-0.3, -0.25) is 4.79 Å². The van der Waals surface area contributed by atoms with Crippen LogP contribution >= 0.6 is 0 Å². The molecule has 0 aliphatic carbocycles. The lowest BCUT2D eigenvalue weighted by atomic mass is 9.89. The van der Waals surface area contributed by atoms with E-state index >= 15 is 0 Å². The summed E-state index contributed by atoms with van der Waals surface area (Å²) in [7, 11) is 0. The highest BCUT2D eigenvalue weighted by Crippen LogP contribution is 2.34. The number of hydrogen-bond donors (Lipinski definition) is 0. The molecule has 3 aromatic rings. The molecule has 0 aromatic heterocycles. The second-order valence-electron chi connectivity index (χ2n) is 6.35. The van der Waals surface area contributed by atoms with Gasteiger partial charge in [0.2, 0.25) is 0 Å². The van der Waals surface area contributed by atoms with Crippen molar-refractivity contribution in [2.24, 2.45) is 0 Å². The van der Waals surface area contributed by atoms with E-state index in [1.807, 2.05) is 59.5 Å². The number of carbonyl (C=O) groups excluding carboxylic acids is 1. The van der Waals surface area contributed by atoms with Crippen molar-refractivity contribution in [2.75, 3.05) is 0 Å². The van der Waals surface area contributed by atoms with Crippen molar-refractivity contribution in [3.05, 3.63) is 107 Å².